The van der Waals surface area contributed by atoms with Crippen LogP contribution in [0.2, 0.25) is 0 Å². The highest BCUT2D eigenvalue weighted by atomic mass is 16.8. The SMILES string of the molecule is C=CC(C)(O)CCC1C(=C)CCC2C(C)(COC3OC(CO)C(O)C(O)C3OC3OC(C)C(O)C(O)C3O)CCCC12C. The highest BCUT2D eigenvalue weighted by Gasteiger charge is 2.56. The highest BCUT2D eigenvalue weighted by Crippen LogP contribution is 2.62. The number of aliphatic hydroxyl groups is 7. The minimum atomic E-state index is -1.63. The zero-order valence-corrected chi connectivity index (χ0v) is 26.0. The average Bonchev–Trinajstić information content (AvgIpc) is 2.96. The van der Waals surface area contributed by atoms with Crippen molar-refractivity contribution in [3.05, 3.63) is 24.8 Å². The van der Waals surface area contributed by atoms with E-state index in [0.29, 0.717) is 6.42 Å². The molecule has 11 heteroatoms. The Balaban J connectivity index is 1.53. The predicted octanol–water partition coefficient (Wildman–Crippen LogP) is 1.15. The van der Waals surface area contributed by atoms with Crippen LogP contribution in [0.1, 0.15) is 72.6 Å². The molecule has 248 valence electrons. The molecule has 7 N–H and O–H groups in total. The second kappa shape index (κ2) is 13.4. The number of fused-ring (bicyclic) bond motifs is 1. The molecule has 2 aliphatic heterocycles. The molecule has 4 rings (SSSR count). The maximum absolute atomic E-state index is 11.0. The zero-order chi connectivity index (χ0) is 31.9. The molecule has 4 aliphatic rings. The van der Waals surface area contributed by atoms with Crippen molar-refractivity contribution >= 4 is 0 Å². The first-order valence-electron chi connectivity index (χ1n) is 15.7. The fourth-order valence-corrected chi connectivity index (χ4v) is 8.22. The van der Waals surface area contributed by atoms with E-state index in [4.69, 9.17) is 18.9 Å². The van der Waals surface area contributed by atoms with E-state index in [1.54, 1.807) is 13.0 Å². The maximum atomic E-state index is 11.0. The van der Waals surface area contributed by atoms with Gasteiger partial charge in [0.25, 0.3) is 0 Å². The molecular weight excluding hydrogens is 560 g/mol. The van der Waals surface area contributed by atoms with E-state index in [1.165, 1.54) is 12.5 Å². The second-order valence-electron chi connectivity index (χ2n) is 14.2. The molecule has 4 fully saturated rings. The molecule has 11 nitrogen and oxygen atoms in total. The summed E-state index contributed by atoms with van der Waals surface area (Å²) in [5.74, 6) is 0.495. The van der Waals surface area contributed by atoms with Crippen molar-refractivity contribution in [2.45, 2.75) is 140 Å². The summed E-state index contributed by atoms with van der Waals surface area (Å²) in [6.07, 6.45) is -5.88. The van der Waals surface area contributed by atoms with Gasteiger partial charge in [-0.15, -0.1) is 6.58 Å². The van der Waals surface area contributed by atoms with Crippen molar-refractivity contribution in [2.24, 2.45) is 22.7 Å². The van der Waals surface area contributed by atoms with E-state index < -0.39 is 73.6 Å². The molecule has 0 bridgehead atoms. The van der Waals surface area contributed by atoms with Gasteiger partial charge in [0, 0.05) is 0 Å². The number of rotatable bonds is 10. The lowest BCUT2D eigenvalue weighted by Crippen LogP contribution is -2.64. The van der Waals surface area contributed by atoms with Crippen LogP contribution >= 0.6 is 0 Å². The number of aliphatic hydroxyl groups excluding tert-OH is 6. The lowest BCUT2D eigenvalue weighted by molar-refractivity contribution is -0.367. The molecule has 0 aromatic heterocycles. The summed E-state index contributed by atoms with van der Waals surface area (Å²) in [5.41, 5.74) is -0.0910. The van der Waals surface area contributed by atoms with Crippen LogP contribution in [0, 0.1) is 22.7 Å². The van der Waals surface area contributed by atoms with Crippen molar-refractivity contribution in [2.75, 3.05) is 13.2 Å². The lowest BCUT2D eigenvalue weighted by atomic mass is 9.46. The fourth-order valence-electron chi connectivity index (χ4n) is 8.22. The monoisotopic (exact) mass is 614 g/mol. The number of hydrogen-bond donors (Lipinski definition) is 7. The minimum absolute atomic E-state index is 0.0667. The third-order valence-electron chi connectivity index (χ3n) is 11.0. The summed E-state index contributed by atoms with van der Waals surface area (Å²) in [5, 5.41) is 72.9. The standard InChI is InChI=1S/C32H54O11/c1-7-31(5,39)14-11-19-17(2)9-10-21-30(4,12-8-13-32(19,21)6)16-40-29-27(25(37)23(35)20(15-33)42-29)43-28-26(38)24(36)22(34)18(3)41-28/h7,18-29,33-39H,1-2,8-16H2,3-6H3. The molecule has 0 aromatic carbocycles. The molecule has 0 spiro atoms. The molecule has 15 atom stereocenters. The van der Waals surface area contributed by atoms with Crippen LogP contribution in [0.5, 0.6) is 0 Å². The van der Waals surface area contributed by atoms with E-state index in [-0.39, 0.29) is 29.3 Å². The van der Waals surface area contributed by atoms with E-state index in [0.717, 1.165) is 38.5 Å². The van der Waals surface area contributed by atoms with Gasteiger partial charge in [0.05, 0.1) is 24.9 Å². The summed E-state index contributed by atoms with van der Waals surface area (Å²) < 4.78 is 23.7. The molecule has 2 aliphatic carbocycles. The quantitative estimate of drug-likeness (QED) is 0.176. The Kier molecular flexibility index (Phi) is 10.9. The van der Waals surface area contributed by atoms with Crippen molar-refractivity contribution in [3.8, 4) is 0 Å². The van der Waals surface area contributed by atoms with Gasteiger partial charge in [0.2, 0.25) is 0 Å². The van der Waals surface area contributed by atoms with Crippen LogP contribution in [0.15, 0.2) is 24.8 Å². The number of ether oxygens (including phenoxy) is 4. The molecule has 2 saturated heterocycles. The summed E-state index contributed by atoms with van der Waals surface area (Å²) in [6.45, 7) is 15.7. The first-order chi connectivity index (χ1) is 20.1. The highest BCUT2D eigenvalue weighted by molar-refractivity contribution is 5.17. The normalized spacial score (nSPS) is 48.8. The minimum Gasteiger partial charge on any atom is -0.394 e. The van der Waals surface area contributed by atoms with Gasteiger partial charge in [-0.05, 0) is 75.0 Å². The van der Waals surface area contributed by atoms with E-state index in [9.17, 15) is 35.7 Å². The Morgan fingerprint density at radius 2 is 1.70 bits per heavy atom. The summed E-state index contributed by atoms with van der Waals surface area (Å²) in [4.78, 5) is 0. The van der Waals surface area contributed by atoms with Gasteiger partial charge in [-0.1, -0.05) is 38.5 Å². The first kappa shape index (κ1) is 34.9. The largest absolute Gasteiger partial charge is 0.394 e. The molecular formula is C32H54O11. The Morgan fingerprint density at radius 1 is 1.00 bits per heavy atom. The third kappa shape index (κ3) is 6.92. The Labute approximate surface area is 255 Å². The van der Waals surface area contributed by atoms with Gasteiger partial charge in [-0.25, -0.2) is 0 Å². The lowest BCUT2D eigenvalue weighted by Gasteiger charge is -2.59. The molecule has 43 heavy (non-hydrogen) atoms. The van der Waals surface area contributed by atoms with Crippen LogP contribution in [0.25, 0.3) is 0 Å². The Bertz CT molecular complexity index is 975. The molecule has 2 saturated carbocycles. The van der Waals surface area contributed by atoms with Crippen molar-refractivity contribution < 1.29 is 54.7 Å². The van der Waals surface area contributed by atoms with E-state index >= 15 is 0 Å². The summed E-state index contributed by atoms with van der Waals surface area (Å²) >= 11 is 0. The van der Waals surface area contributed by atoms with Gasteiger partial charge in [0.1, 0.15) is 42.7 Å². The molecule has 0 amide bonds. The van der Waals surface area contributed by atoms with Gasteiger partial charge in [0.15, 0.2) is 12.6 Å². The van der Waals surface area contributed by atoms with Gasteiger partial charge < -0.3 is 54.7 Å². The summed E-state index contributed by atoms with van der Waals surface area (Å²) in [7, 11) is 0. The van der Waals surface area contributed by atoms with E-state index in [2.05, 4.69) is 27.0 Å². The topological polar surface area (TPSA) is 179 Å². The van der Waals surface area contributed by atoms with Gasteiger partial charge in [-0.3, -0.25) is 0 Å². The molecule has 0 aromatic rings. The number of hydrogen-bond acceptors (Lipinski definition) is 11. The van der Waals surface area contributed by atoms with Crippen LogP contribution < -0.4 is 0 Å². The van der Waals surface area contributed by atoms with Crippen LogP contribution in [-0.2, 0) is 18.9 Å². The van der Waals surface area contributed by atoms with Gasteiger partial charge >= 0.3 is 0 Å². The zero-order valence-electron chi connectivity index (χ0n) is 26.0. The smallest absolute Gasteiger partial charge is 0.187 e. The van der Waals surface area contributed by atoms with Crippen molar-refractivity contribution in [1.29, 1.82) is 0 Å². The predicted molar refractivity (Wildman–Crippen MR) is 156 cm³/mol. The van der Waals surface area contributed by atoms with Crippen LogP contribution in [-0.4, -0.2) is 116 Å². The average molecular weight is 615 g/mol. The molecule has 2 heterocycles. The van der Waals surface area contributed by atoms with Crippen molar-refractivity contribution in [1.82, 2.24) is 0 Å². The molecule has 0 radical (unpaired) electrons. The second-order valence-corrected chi connectivity index (χ2v) is 14.2. The molecule has 15 unspecified atom stereocenters. The Morgan fingerprint density at radius 3 is 2.35 bits per heavy atom. The van der Waals surface area contributed by atoms with E-state index in [1.807, 2.05) is 0 Å². The third-order valence-corrected chi connectivity index (χ3v) is 11.0. The fraction of sp³-hybridized carbons (Fsp3) is 0.875. The number of allylic oxidation sites excluding steroid dienone is 1. The van der Waals surface area contributed by atoms with Gasteiger partial charge in [-0.2, -0.15) is 0 Å². The maximum Gasteiger partial charge on any atom is 0.187 e. The van der Waals surface area contributed by atoms with Crippen LogP contribution in [0.3, 0.4) is 0 Å². The van der Waals surface area contributed by atoms with Crippen LogP contribution in [0.4, 0.5) is 0 Å². The van der Waals surface area contributed by atoms with Crippen molar-refractivity contribution in [3.63, 3.8) is 0 Å². The Hall–Kier alpha value is -0.960. The first-order valence-corrected chi connectivity index (χ1v) is 15.7. The summed E-state index contributed by atoms with van der Waals surface area (Å²) in [6, 6.07) is 0.